The number of benzene rings is 1. The van der Waals surface area contributed by atoms with E-state index in [-0.39, 0.29) is 11.9 Å². The van der Waals surface area contributed by atoms with Crippen molar-refractivity contribution in [1.29, 1.82) is 0 Å². The van der Waals surface area contributed by atoms with Gasteiger partial charge in [0.05, 0.1) is 16.9 Å². The minimum absolute atomic E-state index is 0.166. The second kappa shape index (κ2) is 5.68. The molecule has 0 radical (unpaired) electrons. The summed E-state index contributed by atoms with van der Waals surface area (Å²) in [5, 5.41) is 0. The summed E-state index contributed by atoms with van der Waals surface area (Å²) >= 11 is 6.04. The van der Waals surface area contributed by atoms with E-state index in [0.717, 1.165) is 48.4 Å². The fourth-order valence-corrected chi connectivity index (χ4v) is 3.29. The van der Waals surface area contributed by atoms with E-state index in [2.05, 4.69) is 4.98 Å². The molecule has 0 aliphatic carbocycles. The predicted octanol–water partition coefficient (Wildman–Crippen LogP) is 3.27. The van der Waals surface area contributed by atoms with Gasteiger partial charge in [-0.15, -0.1) is 11.6 Å². The summed E-state index contributed by atoms with van der Waals surface area (Å²) in [5.41, 5.74) is 3.05. The summed E-state index contributed by atoms with van der Waals surface area (Å²) in [7, 11) is 0. The number of aromatic nitrogens is 2. The van der Waals surface area contributed by atoms with Gasteiger partial charge in [0.15, 0.2) is 0 Å². The van der Waals surface area contributed by atoms with Crippen molar-refractivity contribution in [1.82, 2.24) is 14.5 Å². The lowest BCUT2D eigenvalue weighted by Crippen LogP contribution is -2.34. The molecule has 1 fully saturated rings. The molecule has 1 aliphatic rings. The molecule has 5 heteroatoms. The highest BCUT2D eigenvalue weighted by atomic mass is 35.5. The van der Waals surface area contributed by atoms with E-state index < -0.39 is 0 Å². The first-order valence-electron chi connectivity index (χ1n) is 7.44. The number of aryl methyl sites for hydroxylation is 1. The third-order valence-corrected chi connectivity index (χ3v) is 4.44. The van der Waals surface area contributed by atoms with Gasteiger partial charge < -0.3 is 9.47 Å². The highest BCUT2D eigenvalue weighted by Crippen LogP contribution is 2.25. The van der Waals surface area contributed by atoms with Crippen LogP contribution in [0.2, 0.25) is 0 Å². The number of alkyl halides is 1. The molecule has 1 aromatic heterocycles. The van der Waals surface area contributed by atoms with Crippen molar-refractivity contribution in [2.24, 2.45) is 0 Å². The molecule has 0 spiro atoms. The van der Waals surface area contributed by atoms with Gasteiger partial charge in [-0.1, -0.05) is 6.07 Å². The molecular weight excluding hydrogens is 286 g/mol. The highest BCUT2D eigenvalue weighted by Gasteiger charge is 2.27. The molecule has 1 aliphatic heterocycles. The van der Waals surface area contributed by atoms with Gasteiger partial charge in [-0.25, -0.2) is 4.98 Å². The Kier molecular flexibility index (Phi) is 3.89. The quantitative estimate of drug-likeness (QED) is 0.816. The summed E-state index contributed by atoms with van der Waals surface area (Å²) < 4.78 is 1.99. The normalized spacial score (nSPS) is 16.6. The van der Waals surface area contributed by atoms with Gasteiger partial charge in [-0.3, -0.25) is 4.79 Å². The molecule has 1 atom stereocenters. The molecule has 1 saturated heterocycles. The number of hydrogen-bond donors (Lipinski definition) is 0. The van der Waals surface area contributed by atoms with Gasteiger partial charge >= 0.3 is 0 Å². The molecular formula is C16H20ClN3O. The molecule has 1 aromatic carbocycles. The van der Waals surface area contributed by atoms with Gasteiger partial charge in [0.1, 0.15) is 11.9 Å². The fourth-order valence-electron chi connectivity index (χ4n) is 3.10. The SMILES string of the molecule is Cc1ccc2c(c1)nc(CCl)n2C(C)C(=O)N1CCCC1. The summed E-state index contributed by atoms with van der Waals surface area (Å²) in [6, 6.07) is 5.85. The third kappa shape index (κ3) is 2.53. The van der Waals surface area contributed by atoms with Crippen LogP contribution in [0.5, 0.6) is 0 Å². The molecule has 1 amide bonds. The molecule has 2 heterocycles. The molecule has 4 nitrogen and oxygen atoms in total. The number of amides is 1. The Morgan fingerprint density at radius 1 is 1.38 bits per heavy atom. The van der Waals surface area contributed by atoms with Crippen molar-refractivity contribution >= 4 is 28.5 Å². The number of imidazole rings is 1. The average molecular weight is 306 g/mol. The van der Waals surface area contributed by atoms with E-state index in [1.165, 1.54) is 0 Å². The van der Waals surface area contributed by atoms with E-state index in [9.17, 15) is 4.79 Å². The number of hydrogen-bond acceptors (Lipinski definition) is 2. The summed E-state index contributed by atoms with van der Waals surface area (Å²) in [6.07, 6.45) is 2.20. The average Bonchev–Trinajstić information content (AvgIpc) is 3.12. The Labute approximate surface area is 129 Å². The number of fused-ring (bicyclic) bond motifs is 1. The van der Waals surface area contributed by atoms with Crippen molar-refractivity contribution in [3.63, 3.8) is 0 Å². The van der Waals surface area contributed by atoms with Crippen molar-refractivity contribution in [2.45, 2.75) is 38.6 Å². The zero-order chi connectivity index (χ0) is 15.0. The van der Waals surface area contributed by atoms with Crippen molar-refractivity contribution in [2.75, 3.05) is 13.1 Å². The van der Waals surface area contributed by atoms with Crippen LogP contribution in [0.15, 0.2) is 18.2 Å². The fraction of sp³-hybridized carbons (Fsp3) is 0.500. The molecule has 3 rings (SSSR count). The summed E-state index contributed by atoms with van der Waals surface area (Å²) in [4.78, 5) is 19.2. The lowest BCUT2D eigenvalue weighted by molar-refractivity contribution is -0.133. The van der Waals surface area contributed by atoms with Crippen LogP contribution in [0.25, 0.3) is 11.0 Å². The molecule has 0 bridgehead atoms. The molecule has 0 N–H and O–H groups in total. The first kappa shape index (κ1) is 14.4. The first-order valence-corrected chi connectivity index (χ1v) is 7.97. The smallest absolute Gasteiger partial charge is 0.245 e. The van der Waals surface area contributed by atoms with E-state index >= 15 is 0 Å². The van der Waals surface area contributed by atoms with Crippen LogP contribution in [0, 0.1) is 6.92 Å². The maximum absolute atomic E-state index is 12.7. The van der Waals surface area contributed by atoms with Crippen molar-refractivity contribution < 1.29 is 4.79 Å². The molecule has 0 saturated carbocycles. The van der Waals surface area contributed by atoms with Gasteiger partial charge in [-0.2, -0.15) is 0 Å². The Morgan fingerprint density at radius 2 is 2.10 bits per heavy atom. The van der Waals surface area contributed by atoms with E-state index in [4.69, 9.17) is 11.6 Å². The highest BCUT2D eigenvalue weighted by molar-refractivity contribution is 6.17. The maximum atomic E-state index is 12.7. The van der Waals surface area contributed by atoms with Crippen LogP contribution >= 0.6 is 11.6 Å². The largest absolute Gasteiger partial charge is 0.341 e. The predicted molar refractivity (Wildman–Crippen MR) is 84.6 cm³/mol. The number of nitrogens with zero attached hydrogens (tertiary/aromatic N) is 3. The molecule has 112 valence electrons. The zero-order valence-electron chi connectivity index (χ0n) is 12.5. The van der Waals surface area contributed by atoms with E-state index in [1.807, 2.05) is 41.5 Å². The Hall–Kier alpha value is -1.55. The van der Waals surface area contributed by atoms with Crippen LogP contribution in [-0.2, 0) is 10.7 Å². The number of carbonyl (C=O) groups is 1. The lowest BCUT2D eigenvalue weighted by Gasteiger charge is -2.23. The number of rotatable bonds is 3. The molecule has 2 aromatic rings. The van der Waals surface area contributed by atoms with Gasteiger partial charge in [0, 0.05) is 13.1 Å². The minimum atomic E-state index is -0.260. The molecule has 1 unspecified atom stereocenters. The number of likely N-dealkylation sites (tertiary alicyclic amines) is 1. The molecule has 21 heavy (non-hydrogen) atoms. The summed E-state index contributed by atoms with van der Waals surface area (Å²) in [6.45, 7) is 5.71. The summed E-state index contributed by atoms with van der Waals surface area (Å²) in [5.74, 6) is 1.24. The van der Waals surface area contributed by atoms with Gasteiger partial charge in [-0.05, 0) is 44.4 Å². The van der Waals surface area contributed by atoms with E-state index in [0.29, 0.717) is 5.88 Å². The maximum Gasteiger partial charge on any atom is 0.245 e. The van der Waals surface area contributed by atoms with Crippen molar-refractivity contribution in [3.8, 4) is 0 Å². The number of halogens is 1. The first-order chi connectivity index (χ1) is 10.1. The van der Waals surface area contributed by atoms with Crippen LogP contribution in [0.3, 0.4) is 0 Å². The Bertz CT molecular complexity index is 673. The topological polar surface area (TPSA) is 38.1 Å². The van der Waals surface area contributed by atoms with E-state index in [1.54, 1.807) is 0 Å². The van der Waals surface area contributed by atoms with Gasteiger partial charge in [0.25, 0.3) is 0 Å². The van der Waals surface area contributed by atoms with Crippen LogP contribution in [0.1, 0.15) is 37.2 Å². The third-order valence-electron chi connectivity index (χ3n) is 4.20. The van der Waals surface area contributed by atoms with Crippen LogP contribution < -0.4 is 0 Å². The second-order valence-electron chi connectivity index (χ2n) is 5.73. The lowest BCUT2D eigenvalue weighted by atomic mass is 10.2. The minimum Gasteiger partial charge on any atom is -0.341 e. The Balaban J connectivity index is 2.03. The monoisotopic (exact) mass is 305 g/mol. The van der Waals surface area contributed by atoms with Crippen LogP contribution in [0.4, 0.5) is 0 Å². The van der Waals surface area contributed by atoms with Crippen molar-refractivity contribution in [3.05, 3.63) is 29.6 Å². The second-order valence-corrected chi connectivity index (χ2v) is 6.00. The standard InChI is InChI=1S/C16H20ClN3O/c1-11-5-6-14-13(9-11)18-15(10-17)20(14)12(2)16(21)19-7-3-4-8-19/h5-6,9,12H,3-4,7-8,10H2,1-2H3. The Morgan fingerprint density at radius 3 is 2.76 bits per heavy atom. The zero-order valence-corrected chi connectivity index (χ0v) is 13.2. The van der Waals surface area contributed by atoms with Crippen LogP contribution in [-0.4, -0.2) is 33.4 Å². The van der Waals surface area contributed by atoms with Gasteiger partial charge in [0.2, 0.25) is 5.91 Å². The number of carbonyl (C=O) groups excluding carboxylic acids is 1.